The maximum atomic E-state index is 13.3. The number of amides is 2. The lowest BCUT2D eigenvalue weighted by molar-refractivity contribution is -0.212. The van der Waals surface area contributed by atoms with E-state index in [1.807, 2.05) is 0 Å². The van der Waals surface area contributed by atoms with Crippen LogP contribution in [-0.2, 0) is 16.1 Å². The van der Waals surface area contributed by atoms with Crippen molar-refractivity contribution in [1.82, 2.24) is 15.2 Å². The predicted molar refractivity (Wildman–Crippen MR) is 110 cm³/mol. The number of halogens is 5. The summed E-state index contributed by atoms with van der Waals surface area (Å²) in [5.41, 5.74) is 2.99. The highest BCUT2D eigenvalue weighted by Gasteiger charge is 2.53. The van der Waals surface area contributed by atoms with Gasteiger partial charge in [-0.3, -0.25) is 25.7 Å². The Morgan fingerprint density at radius 1 is 1.29 bits per heavy atom. The highest BCUT2D eigenvalue weighted by Crippen LogP contribution is 2.38. The van der Waals surface area contributed by atoms with Gasteiger partial charge in [0, 0.05) is 12.2 Å². The molecule has 8 nitrogen and oxygen atoms in total. The lowest BCUT2D eigenvalue weighted by Crippen LogP contribution is -2.57. The van der Waals surface area contributed by atoms with Gasteiger partial charge in [0.15, 0.2) is 0 Å². The Morgan fingerprint density at radius 3 is 2.56 bits per heavy atom. The number of rotatable bonds is 6. The number of aromatic nitrogens is 1. The van der Waals surface area contributed by atoms with Crippen molar-refractivity contribution >= 4 is 17.7 Å². The van der Waals surface area contributed by atoms with Crippen LogP contribution in [0.3, 0.4) is 0 Å². The van der Waals surface area contributed by atoms with Crippen LogP contribution < -0.4 is 11.1 Å². The van der Waals surface area contributed by atoms with Crippen LogP contribution in [0.25, 0.3) is 0 Å². The Hall–Kier alpha value is -2.83. The molecule has 2 aliphatic rings. The lowest BCUT2D eigenvalue weighted by Gasteiger charge is -2.39. The molecule has 1 aromatic heterocycles. The van der Waals surface area contributed by atoms with E-state index in [0.717, 1.165) is 20.3 Å². The first-order valence-electron chi connectivity index (χ1n) is 10.7. The minimum Gasteiger partial charge on any atom is -0.452 e. The summed E-state index contributed by atoms with van der Waals surface area (Å²) in [4.78, 5) is 31.2. The zero-order valence-electron chi connectivity index (χ0n) is 18.6. The zero-order chi connectivity index (χ0) is 25.4. The van der Waals surface area contributed by atoms with Gasteiger partial charge in [-0.25, -0.2) is 8.78 Å². The molecule has 1 fully saturated rings. The SMILES string of the molecule is CC(C)(C(=O)N[C@@H]1CCCCC1N1Cc2ncc(C(=N)OC(N)C(F)F)cc2C1=O)C(F)(F)F. The molecule has 2 amide bonds. The molecule has 3 atom stereocenters. The molecular weight excluding hydrogens is 465 g/mol. The first-order chi connectivity index (χ1) is 15.7. The van der Waals surface area contributed by atoms with Gasteiger partial charge in [-0.05, 0) is 32.8 Å². The second-order valence-electron chi connectivity index (χ2n) is 8.95. The van der Waals surface area contributed by atoms with E-state index in [2.05, 4.69) is 15.0 Å². The summed E-state index contributed by atoms with van der Waals surface area (Å²) < 4.78 is 69.7. The van der Waals surface area contributed by atoms with E-state index < -0.39 is 54.0 Å². The van der Waals surface area contributed by atoms with Crippen molar-refractivity contribution in [3.63, 3.8) is 0 Å². The summed E-state index contributed by atoms with van der Waals surface area (Å²) in [7, 11) is 0. The van der Waals surface area contributed by atoms with E-state index in [1.165, 1.54) is 17.2 Å². The summed E-state index contributed by atoms with van der Waals surface area (Å²) in [6.07, 6.45) is -6.27. The quantitative estimate of drug-likeness (QED) is 0.245. The topological polar surface area (TPSA) is 121 Å². The summed E-state index contributed by atoms with van der Waals surface area (Å²) >= 11 is 0. The number of hydrogen-bond acceptors (Lipinski definition) is 6. The average Bonchev–Trinajstić information content (AvgIpc) is 3.08. The molecule has 1 aliphatic heterocycles. The van der Waals surface area contributed by atoms with Crippen LogP contribution in [0, 0.1) is 10.8 Å². The third-order valence-corrected chi connectivity index (χ3v) is 6.27. The molecule has 0 aromatic carbocycles. The first-order valence-corrected chi connectivity index (χ1v) is 10.7. The lowest BCUT2D eigenvalue weighted by atomic mass is 9.86. The second kappa shape index (κ2) is 9.43. The smallest absolute Gasteiger partial charge is 0.402 e. The number of nitrogens with zero attached hydrogens (tertiary/aromatic N) is 2. The fourth-order valence-electron chi connectivity index (χ4n) is 3.97. The summed E-state index contributed by atoms with van der Waals surface area (Å²) in [6, 6.07) is 0.0649. The summed E-state index contributed by atoms with van der Waals surface area (Å²) in [5, 5.41) is 10.3. The van der Waals surface area contributed by atoms with E-state index in [9.17, 15) is 31.5 Å². The van der Waals surface area contributed by atoms with E-state index >= 15 is 0 Å². The van der Waals surface area contributed by atoms with Gasteiger partial charge < -0.3 is 15.0 Å². The Labute approximate surface area is 192 Å². The van der Waals surface area contributed by atoms with Crippen molar-refractivity contribution in [2.24, 2.45) is 11.1 Å². The predicted octanol–water partition coefficient (Wildman–Crippen LogP) is 2.95. The van der Waals surface area contributed by atoms with Gasteiger partial charge in [0.05, 0.1) is 29.4 Å². The minimum absolute atomic E-state index is 0.0227. The fraction of sp³-hybridized carbons (Fsp3) is 0.619. The Morgan fingerprint density at radius 2 is 1.94 bits per heavy atom. The van der Waals surface area contributed by atoms with E-state index in [4.69, 9.17) is 11.1 Å². The van der Waals surface area contributed by atoms with Crippen LogP contribution in [0.2, 0.25) is 0 Å². The van der Waals surface area contributed by atoms with E-state index in [0.29, 0.717) is 25.0 Å². The molecule has 1 aliphatic carbocycles. The number of carbonyl (C=O) groups excluding carboxylic acids is 2. The van der Waals surface area contributed by atoms with Gasteiger partial charge in [0.1, 0.15) is 5.41 Å². The molecular formula is C21H26F5N5O3. The maximum Gasteiger partial charge on any atom is 0.402 e. The van der Waals surface area contributed by atoms with Crippen molar-refractivity contribution < 1.29 is 36.3 Å². The second-order valence-corrected chi connectivity index (χ2v) is 8.95. The normalized spacial score (nSPS) is 21.9. The Kier molecular flexibility index (Phi) is 7.15. The molecule has 0 radical (unpaired) electrons. The number of carbonyl (C=O) groups is 2. The van der Waals surface area contributed by atoms with Crippen molar-refractivity contribution in [3.8, 4) is 0 Å². The van der Waals surface area contributed by atoms with Crippen molar-refractivity contribution in [3.05, 3.63) is 29.1 Å². The standard InChI is InChI=1S/C21H26F5N5O3/c1-20(2,21(24,25)26)19(33)30-12-5-3-4-6-14(12)31-9-13-11(18(31)32)7-10(8-29-13)16(27)34-17(28)15(22)23/h7-8,12,14-15,17,27H,3-6,9,28H2,1-2H3,(H,30,33)/t12-,14?,17?/m1/s1. The molecule has 4 N–H and O–H groups in total. The van der Waals surface area contributed by atoms with Crippen molar-refractivity contribution in [1.29, 1.82) is 5.41 Å². The number of hydrogen-bond donors (Lipinski definition) is 3. The number of ether oxygens (including phenoxy) is 1. The Balaban J connectivity index is 1.77. The van der Waals surface area contributed by atoms with Crippen LogP contribution in [0.4, 0.5) is 22.0 Å². The summed E-state index contributed by atoms with van der Waals surface area (Å²) in [6.45, 7) is 1.68. The fourth-order valence-corrected chi connectivity index (χ4v) is 3.97. The number of fused-ring (bicyclic) bond motifs is 1. The molecule has 3 rings (SSSR count). The Bertz CT molecular complexity index is 969. The number of nitrogens with one attached hydrogen (secondary N) is 2. The monoisotopic (exact) mass is 491 g/mol. The highest BCUT2D eigenvalue weighted by molar-refractivity contribution is 6.01. The number of nitrogens with two attached hydrogens (primary N) is 1. The molecule has 13 heteroatoms. The number of pyridine rings is 1. The van der Waals surface area contributed by atoms with Gasteiger partial charge in [-0.2, -0.15) is 13.2 Å². The van der Waals surface area contributed by atoms with Gasteiger partial charge in [0.25, 0.3) is 12.3 Å². The van der Waals surface area contributed by atoms with E-state index in [1.54, 1.807) is 0 Å². The maximum absolute atomic E-state index is 13.3. The molecule has 2 heterocycles. The van der Waals surface area contributed by atoms with Crippen molar-refractivity contribution in [2.75, 3.05) is 0 Å². The largest absolute Gasteiger partial charge is 0.452 e. The molecule has 2 unspecified atom stereocenters. The average molecular weight is 491 g/mol. The van der Waals surface area contributed by atoms with E-state index in [-0.39, 0.29) is 17.7 Å². The van der Waals surface area contributed by atoms with Gasteiger partial charge in [-0.1, -0.05) is 12.8 Å². The highest BCUT2D eigenvalue weighted by atomic mass is 19.4. The molecule has 188 valence electrons. The van der Waals surface area contributed by atoms with Crippen LogP contribution >= 0.6 is 0 Å². The summed E-state index contributed by atoms with van der Waals surface area (Å²) in [5.74, 6) is -2.31. The molecule has 0 saturated heterocycles. The van der Waals surface area contributed by atoms with Crippen molar-refractivity contribution in [2.45, 2.75) is 77.0 Å². The minimum atomic E-state index is -4.74. The van der Waals surface area contributed by atoms with Crippen LogP contribution in [0.15, 0.2) is 12.3 Å². The third-order valence-electron chi connectivity index (χ3n) is 6.27. The molecule has 0 spiro atoms. The molecule has 1 saturated carbocycles. The zero-order valence-corrected chi connectivity index (χ0v) is 18.6. The molecule has 0 bridgehead atoms. The van der Waals surface area contributed by atoms with Crippen LogP contribution in [-0.4, -0.2) is 58.5 Å². The molecule has 34 heavy (non-hydrogen) atoms. The van der Waals surface area contributed by atoms with Gasteiger partial charge in [0.2, 0.25) is 18.0 Å². The number of alkyl halides is 5. The van der Waals surface area contributed by atoms with Gasteiger partial charge >= 0.3 is 6.18 Å². The van der Waals surface area contributed by atoms with Gasteiger partial charge in [-0.15, -0.1) is 0 Å². The van der Waals surface area contributed by atoms with Crippen LogP contribution in [0.1, 0.15) is 61.1 Å². The third kappa shape index (κ3) is 4.98. The van der Waals surface area contributed by atoms with Crippen LogP contribution in [0.5, 0.6) is 0 Å². The molecule has 1 aromatic rings. The first kappa shape index (κ1) is 25.8.